The maximum atomic E-state index is 13.9. The fraction of sp³-hybridized carbons (Fsp3) is 0.481. The van der Waals surface area contributed by atoms with Gasteiger partial charge >= 0.3 is 0 Å². The number of ether oxygens (including phenoxy) is 3. The quantitative estimate of drug-likeness (QED) is 0.459. The summed E-state index contributed by atoms with van der Waals surface area (Å²) in [7, 11) is -2.31. The largest absolute Gasteiger partial charge is 0.497 e. The van der Waals surface area contributed by atoms with Gasteiger partial charge in [-0.3, -0.25) is 13.9 Å². The Labute approximate surface area is 224 Å². The molecule has 0 radical (unpaired) electrons. The number of nitrogens with one attached hydrogen (secondary N) is 1. The van der Waals surface area contributed by atoms with Crippen molar-refractivity contribution in [2.75, 3.05) is 30.5 Å². The van der Waals surface area contributed by atoms with Gasteiger partial charge in [-0.2, -0.15) is 0 Å². The Kier molecular flexibility index (Phi) is 9.14. The van der Waals surface area contributed by atoms with E-state index in [-0.39, 0.29) is 30.7 Å². The van der Waals surface area contributed by atoms with Gasteiger partial charge in [0.1, 0.15) is 18.3 Å². The van der Waals surface area contributed by atoms with Crippen LogP contribution in [-0.2, 0) is 26.2 Å². The average molecular weight is 548 g/mol. The molecule has 0 saturated heterocycles. The molecule has 1 aliphatic rings. The first-order valence-corrected chi connectivity index (χ1v) is 14.1. The monoisotopic (exact) mass is 547 g/mol. The van der Waals surface area contributed by atoms with Gasteiger partial charge < -0.3 is 24.4 Å². The molecule has 2 aromatic carbocycles. The van der Waals surface area contributed by atoms with Crippen molar-refractivity contribution in [3.63, 3.8) is 0 Å². The number of hydrogen-bond acceptors (Lipinski definition) is 7. The van der Waals surface area contributed by atoms with Gasteiger partial charge in [0.05, 0.1) is 18.6 Å². The smallest absolute Gasteiger partial charge is 0.244 e. The Morgan fingerprint density at radius 2 is 1.79 bits per heavy atom. The first-order chi connectivity index (χ1) is 17.9. The van der Waals surface area contributed by atoms with Crippen LogP contribution in [0.2, 0.25) is 0 Å². The zero-order valence-electron chi connectivity index (χ0n) is 22.8. The number of sulfonamides is 1. The molecule has 1 N–H and O–H groups in total. The van der Waals surface area contributed by atoms with Crippen molar-refractivity contribution < 1.29 is 32.2 Å². The third-order valence-corrected chi connectivity index (χ3v) is 7.74. The first kappa shape index (κ1) is 29.1. The number of carbonyl (C=O) groups is 2. The Bertz CT molecular complexity index is 1260. The van der Waals surface area contributed by atoms with E-state index in [1.165, 1.54) is 11.8 Å². The van der Waals surface area contributed by atoms with Gasteiger partial charge in [0.25, 0.3) is 0 Å². The summed E-state index contributed by atoms with van der Waals surface area (Å²) in [6, 6.07) is 11.1. The molecule has 2 amide bonds. The Balaban J connectivity index is 2.00. The molecule has 0 saturated carbocycles. The number of methoxy groups -OCH3 is 1. The molecule has 0 aliphatic carbocycles. The summed E-state index contributed by atoms with van der Waals surface area (Å²) in [5.41, 5.74) is 0.505. The van der Waals surface area contributed by atoms with Gasteiger partial charge in [0, 0.05) is 18.2 Å². The van der Waals surface area contributed by atoms with Crippen molar-refractivity contribution >= 4 is 27.5 Å². The maximum Gasteiger partial charge on any atom is 0.244 e. The van der Waals surface area contributed by atoms with Crippen molar-refractivity contribution in [2.45, 2.75) is 59.2 Å². The zero-order valence-corrected chi connectivity index (χ0v) is 23.6. The highest BCUT2D eigenvalue weighted by Crippen LogP contribution is 2.36. The van der Waals surface area contributed by atoms with Gasteiger partial charge in [-0.05, 0) is 63.9 Å². The van der Waals surface area contributed by atoms with E-state index in [9.17, 15) is 18.0 Å². The van der Waals surface area contributed by atoms with E-state index in [2.05, 4.69) is 5.32 Å². The molecule has 208 valence electrons. The van der Waals surface area contributed by atoms with Gasteiger partial charge in [-0.25, -0.2) is 8.42 Å². The van der Waals surface area contributed by atoms with E-state index in [0.29, 0.717) is 23.7 Å². The normalized spacial score (nSPS) is 13.5. The second kappa shape index (κ2) is 11.9. The number of carbonyl (C=O) groups excluding carboxylic acids is 2. The maximum absolute atomic E-state index is 13.9. The van der Waals surface area contributed by atoms with Crippen LogP contribution in [0.5, 0.6) is 17.2 Å². The highest BCUT2D eigenvalue weighted by atomic mass is 32.2. The van der Waals surface area contributed by atoms with Crippen LogP contribution in [0.25, 0.3) is 0 Å². The molecular formula is C27H37N3O7S. The van der Waals surface area contributed by atoms with E-state index < -0.39 is 34.1 Å². The van der Waals surface area contributed by atoms with Crippen LogP contribution < -0.4 is 23.8 Å². The predicted molar refractivity (Wildman–Crippen MR) is 145 cm³/mol. The zero-order chi connectivity index (χ0) is 28.1. The van der Waals surface area contributed by atoms with E-state index in [1.807, 2.05) is 33.8 Å². The summed E-state index contributed by atoms with van der Waals surface area (Å²) in [4.78, 5) is 28.6. The van der Waals surface area contributed by atoms with Crippen molar-refractivity contribution in [3.8, 4) is 17.2 Å². The van der Waals surface area contributed by atoms with Crippen LogP contribution in [0.4, 0.5) is 5.69 Å². The lowest BCUT2D eigenvalue weighted by Gasteiger charge is -2.34. The Hall–Kier alpha value is -3.47. The number of fused-ring (bicyclic) bond motifs is 1. The summed E-state index contributed by atoms with van der Waals surface area (Å²) >= 11 is 0. The summed E-state index contributed by atoms with van der Waals surface area (Å²) < 4.78 is 43.4. The first-order valence-electron chi connectivity index (χ1n) is 12.5. The second-order valence-corrected chi connectivity index (χ2v) is 12.2. The standard InChI is InChI=1S/C27H37N3O7S/c1-7-22(26(32)28-27(3,4)5)29(16-19-10-9-11-21(14-19)35-6)25(31)17-30(38(33,34)8-2)20-12-13-23-24(15-20)37-18-36-23/h9-15,22H,7-8,16-18H2,1-6H3,(H,28,32)/t22-/m0/s1. The van der Waals surface area contributed by atoms with Crippen molar-refractivity contribution in [2.24, 2.45) is 0 Å². The third kappa shape index (κ3) is 7.09. The van der Waals surface area contributed by atoms with E-state index in [0.717, 1.165) is 9.87 Å². The molecule has 11 heteroatoms. The summed E-state index contributed by atoms with van der Waals surface area (Å²) in [6.07, 6.45) is 0.335. The summed E-state index contributed by atoms with van der Waals surface area (Å²) in [5, 5.41) is 2.95. The van der Waals surface area contributed by atoms with Crippen LogP contribution in [0, 0.1) is 0 Å². The number of nitrogens with zero attached hydrogens (tertiary/aromatic N) is 2. The molecule has 0 aromatic heterocycles. The summed E-state index contributed by atoms with van der Waals surface area (Å²) in [5.74, 6) is 0.459. The van der Waals surface area contributed by atoms with Crippen LogP contribution in [-0.4, -0.2) is 62.9 Å². The molecule has 10 nitrogen and oxygen atoms in total. The highest BCUT2D eigenvalue weighted by Gasteiger charge is 2.34. The lowest BCUT2D eigenvalue weighted by Crippen LogP contribution is -2.55. The Morgan fingerprint density at radius 1 is 1.08 bits per heavy atom. The second-order valence-electron chi connectivity index (χ2n) is 9.98. The minimum absolute atomic E-state index is 0.0353. The fourth-order valence-electron chi connectivity index (χ4n) is 4.10. The lowest BCUT2D eigenvalue weighted by molar-refractivity contribution is -0.141. The Morgan fingerprint density at radius 3 is 2.42 bits per heavy atom. The molecule has 1 aliphatic heterocycles. The van der Waals surface area contributed by atoms with Crippen LogP contribution in [0.1, 0.15) is 46.6 Å². The highest BCUT2D eigenvalue weighted by molar-refractivity contribution is 7.92. The number of amides is 2. The topological polar surface area (TPSA) is 114 Å². The third-order valence-electron chi connectivity index (χ3n) is 5.99. The minimum Gasteiger partial charge on any atom is -0.497 e. The van der Waals surface area contributed by atoms with Crippen LogP contribution in [0.3, 0.4) is 0 Å². The van der Waals surface area contributed by atoms with E-state index in [4.69, 9.17) is 14.2 Å². The molecule has 0 unspecified atom stereocenters. The molecule has 1 atom stereocenters. The van der Waals surface area contributed by atoms with Gasteiger partial charge in [0.15, 0.2) is 11.5 Å². The number of anilines is 1. The van der Waals surface area contributed by atoms with Crippen LogP contribution in [0.15, 0.2) is 42.5 Å². The molecule has 0 fully saturated rings. The minimum atomic E-state index is -3.86. The molecule has 1 heterocycles. The predicted octanol–water partition coefficient (Wildman–Crippen LogP) is 3.30. The average Bonchev–Trinajstić information content (AvgIpc) is 3.34. The van der Waals surface area contributed by atoms with Gasteiger partial charge in [-0.1, -0.05) is 19.1 Å². The van der Waals surface area contributed by atoms with Crippen molar-refractivity contribution in [1.82, 2.24) is 10.2 Å². The number of benzene rings is 2. The van der Waals surface area contributed by atoms with Crippen molar-refractivity contribution in [3.05, 3.63) is 48.0 Å². The fourth-order valence-corrected chi connectivity index (χ4v) is 5.15. The molecule has 0 bridgehead atoms. The van der Waals surface area contributed by atoms with Crippen molar-refractivity contribution in [1.29, 1.82) is 0 Å². The lowest BCUT2D eigenvalue weighted by atomic mass is 10.1. The molecule has 2 aromatic rings. The van der Waals surface area contributed by atoms with Crippen LogP contribution >= 0.6 is 0 Å². The van der Waals surface area contributed by atoms with Gasteiger partial charge in [-0.15, -0.1) is 0 Å². The molecule has 0 spiro atoms. The number of hydrogen-bond donors (Lipinski definition) is 1. The number of rotatable bonds is 11. The molecule has 38 heavy (non-hydrogen) atoms. The van der Waals surface area contributed by atoms with E-state index in [1.54, 1.807) is 43.5 Å². The van der Waals surface area contributed by atoms with E-state index >= 15 is 0 Å². The summed E-state index contributed by atoms with van der Waals surface area (Å²) in [6.45, 7) is 8.56. The molecular weight excluding hydrogens is 510 g/mol. The molecule has 3 rings (SSSR count). The van der Waals surface area contributed by atoms with Gasteiger partial charge in [0.2, 0.25) is 28.6 Å². The SMILES string of the molecule is CC[C@@H](C(=O)NC(C)(C)C)N(Cc1cccc(OC)c1)C(=O)CN(c1ccc2c(c1)OCO2)S(=O)(=O)CC.